The second kappa shape index (κ2) is 5.18. The van der Waals surface area contributed by atoms with Gasteiger partial charge in [-0.05, 0) is 30.7 Å². The van der Waals surface area contributed by atoms with E-state index in [9.17, 15) is 9.59 Å². The zero-order valence-corrected chi connectivity index (χ0v) is 10.9. The molecule has 0 aliphatic heterocycles. The molecule has 0 radical (unpaired) electrons. The average molecular weight is 264 g/mol. The highest BCUT2D eigenvalue weighted by Gasteiger charge is 2.18. The Morgan fingerprint density at radius 2 is 1.94 bits per heavy atom. The summed E-state index contributed by atoms with van der Waals surface area (Å²) < 4.78 is 9.69. The molecule has 0 aliphatic rings. The number of rotatable bonds is 4. The Kier molecular flexibility index (Phi) is 3.62. The van der Waals surface area contributed by atoms with E-state index in [1.807, 2.05) is 13.0 Å². The summed E-state index contributed by atoms with van der Waals surface area (Å²) >= 11 is 1.43. The van der Waals surface area contributed by atoms with Crippen LogP contribution in [0.25, 0.3) is 0 Å². The van der Waals surface area contributed by atoms with Crippen molar-refractivity contribution >= 4 is 23.1 Å². The predicted octanol–water partition coefficient (Wildman–Crippen LogP) is 2.92. The minimum Gasteiger partial charge on any atom is -0.463 e. The van der Waals surface area contributed by atoms with Crippen LogP contribution in [0.1, 0.15) is 37.8 Å². The van der Waals surface area contributed by atoms with Crippen LogP contribution in [0.4, 0.5) is 0 Å². The van der Waals surface area contributed by atoms with Crippen LogP contribution in [-0.4, -0.2) is 18.9 Å². The van der Waals surface area contributed by atoms with Gasteiger partial charge in [0.1, 0.15) is 0 Å². The van der Waals surface area contributed by atoms with Gasteiger partial charge in [0.15, 0.2) is 5.76 Å². The number of carbonyl (C=O) groups excluding carboxylic acids is 2. The average Bonchev–Trinajstić information content (AvgIpc) is 3.05. The molecule has 0 saturated heterocycles. The topological polar surface area (TPSA) is 56.5 Å². The van der Waals surface area contributed by atoms with Crippen LogP contribution < -0.4 is 0 Å². The van der Waals surface area contributed by atoms with Crippen LogP contribution >= 0.6 is 11.3 Å². The number of esters is 1. The molecule has 0 saturated carbocycles. The second-order valence-electron chi connectivity index (χ2n) is 3.60. The molecule has 0 spiro atoms. The molecule has 2 heterocycles. The first kappa shape index (κ1) is 12.6. The normalized spacial score (nSPS) is 10.3. The Bertz CT molecular complexity index is 579. The summed E-state index contributed by atoms with van der Waals surface area (Å²) in [4.78, 5) is 25.0. The fourth-order valence-corrected chi connectivity index (χ4v) is 2.37. The molecule has 0 unspecified atom stereocenters. The summed E-state index contributed by atoms with van der Waals surface area (Å²) in [5, 5.41) is 0. The van der Waals surface area contributed by atoms with Gasteiger partial charge in [-0.1, -0.05) is 6.92 Å². The maximum atomic E-state index is 12.1. The fraction of sp³-hybridized carbons (Fsp3) is 0.231. The molecule has 4 nitrogen and oxygen atoms in total. The first-order valence-corrected chi connectivity index (χ1v) is 6.29. The number of methoxy groups -OCH3 is 1. The smallest absolute Gasteiger partial charge is 0.373 e. The summed E-state index contributed by atoms with van der Waals surface area (Å²) in [6.07, 6.45) is 0.892. The molecular weight excluding hydrogens is 252 g/mol. The van der Waals surface area contributed by atoms with E-state index < -0.39 is 5.97 Å². The Morgan fingerprint density at radius 1 is 1.22 bits per heavy atom. The SMILES string of the molecule is CCc1ccc(C(=O)c2ccc(C(=O)OC)o2)s1. The van der Waals surface area contributed by atoms with E-state index >= 15 is 0 Å². The van der Waals surface area contributed by atoms with Crippen LogP contribution in [0.5, 0.6) is 0 Å². The summed E-state index contributed by atoms with van der Waals surface area (Å²) in [7, 11) is 1.26. The summed E-state index contributed by atoms with van der Waals surface area (Å²) in [5.74, 6) is -0.614. The van der Waals surface area contributed by atoms with Crippen molar-refractivity contribution in [3.63, 3.8) is 0 Å². The number of hydrogen-bond acceptors (Lipinski definition) is 5. The molecular formula is C13H12O4S. The Balaban J connectivity index is 2.23. The van der Waals surface area contributed by atoms with Crippen molar-refractivity contribution in [1.29, 1.82) is 0 Å². The Labute approximate surface area is 108 Å². The molecule has 0 aliphatic carbocycles. The van der Waals surface area contributed by atoms with Gasteiger partial charge in [0.2, 0.25) is 11.5 Å². The van der Waals surface area contributed by atoms with Gasteiger partial charge in [-0.15, -0.1) is 11.3 Å². The lowest BCUT2D eigenvalue weighted by atomic mass is 10.2. The van der Waals surface area contributed by atoms with E-state index in [4.69, 9.17) is 4.42 Å². The third-order valence-electron chi connectivity index (χ3n) is 2.45. The number of thiophene rings is 1. The maximum absolute atomic E-state index is 12.1. The molecule has 0 aromatic carbocycles. The second-order valence-corrected chi connectivity index (χ2v) is 4.77. The van der Waals surface area contributed by atoms with Crippen molar-refractivity contribution in [3.05, 3.63) is 45.5 Å². The third-order valence-corrected chi connectivity index (χ3v) is 3.68. The summed E-state index contributed by atoms with van der Waals surface area (Å²) in [5.41, 5.74) is 0. The van der Waals surface area contributed by atoms with Crippen LogP contribution in [0, 0.1) is 0 Å². The van der Waals surface area contributed by atoms with E-state index in [1.165, 1.54) is 30.6 Å². The van der Waals surface area contributed by atoms with Gasteiger partial charge < -0.3 is 9.15 Å². The van der Waals surface area contributed by atoms with E-state index in [0.717, 1.165) is 11.3 Å². The van der Waals surface area contributed by atoms with Crippen molar-refractivity contribution in [2.24, 2.45) is 0 Å². The monoisotopic (exact) mass is 264 g/mol. The molecule has 5 heteroatoms. The first-order valence-electron chi connectivity index (χ1n) is 5.47. The first-order chi connectivity index (χ1) is 8.65. The molecule has 0 N–H and O–H groups in total. The van der Waals surface area contributed by atoms with Crippen molar-refractivity contribution < 1.29 is 18.7 Å². The minimum absolute atomic E-state index is 0.0353. The highest BCUT2D eigenvalue weighted by Crippen LogP contribution is 2.21. The van der Waals surface area contributed by atoms with Gasteiger partial charge >= 0.3 is 5.97 Å². The molecule has 2 aromatic rings. The van der Waals surface area contributed by atoms with Crippen LogP contribution in [-0.2, 0) is 11.2 Å². The minimum atomic E-state index is -0.588. The number of hydrogen-bond donors (Lipinski definition) is 0. The van der Waals surface area contributed by atoms with Crippen LogP contribution in [0.2, 0.25) is 0 Å². The molecule has 0 amide bonds. The van der Waals surface area contributed by atoms with E-state index in [0.29, 0.717) is 4.88 Å². The number of carbonyl (C=O) groups is 2. The zero-order chi connectivity index (χ0) is 13.1. The number of furan rings is 1. The highest BCUT2D eigenvalue weighted by atomic mass is 32.1. The predicted molar refractivity (Wildman–Crippen MR) is 67.2 cm³/mol. The van der Waals surface area contributed by atoms with E-state index in [-0.39, 0.29) is 17.3 Å². The summed E-state index contributed by atoms with van der Waals surface area (Å²) in [6.45, 7) is 2.03. The lowest BCUT2D eigenvalue weighted by Gasteiger charge is -1.94. The molecule has 0 atom stereocenters. The van der Waals surface area contributed by atoms with E-state index in [2.05, 4.69) is 4.74 Å². The lowest BCUT2D eigenvalue weighted by molar-refractivity contribution is 0.0563. The fourth-order valence-electron chi connectivity index (χ4n) is 1.48. The van der Waals surface area contributed by atoms with Gasteiger partial charge in [0, 0.05) is 4.88 Å². The molecule has 0 fully saturated rings. The third kappa shape index (κ3) is 2.36. The number of aryl methyl sites for hydroxylation is 1. The van der Waals surface area contributed by atoms with Gasteiger partial charge in [0.25, 0.3) is 0 Å². The number of ether oxygens (including phenoxy) is 1. The van der Waals surface area contributed by atoms with Crippen LogP contribution in [0.3, 0.4) is 0 Å². The molecule has 2 aromatic heterocycles. The van der Waals surface area contributed by atoms with E-state index in [1.54, 1.807) is 6.07 Å². The maximum Gasteiger partial charge on any atom is 0.373 e. The van der Waals surface area contributed by atoms with Crippen LogP contribution in [0.15, 0.2) is 28.7 Å². The lowest BCUT2D eigenvalue weighted by Crippen LogP contribution is -1.99. The quantitative estimate of drug-likeness (QED) is 0.629. The zero-order valence-electron chi connectivity index (χ0n) is 10.1. The van der Waals surface area contributed by atoms with Gasteiger partial charge in [0.05, 0.1) is 12.0 Å². The van der Waals surface area contributed by atoms with Crippen molar-refractivity contribution in [2.75, 3.05) is 7.11 Å². The molecule has 0 bridgehead atoms. The highest BCUT2D eigenvalue weighted by molar-refractivity contribution is 7.14. The molecule has 94 valence electrons. The summed E-state index contributed by atoms with van der Waals surface area (Å²) in [6, 6.07) is 6.61. The van der Waals surface area contributed by atoms with Gasteiger partial charge in [-0.25, -0.2) is 4.79 Å². The van der Waals surface area contributed by atoms with Crippen molar-refractivity contribution in [3.8, 4) is 0 Å². The standard InChI is InChI=1S/C13H12O4S/c1-3-8-4-7-11(18-8)12(14)9-5-6-10(17-9)13(15)16-2/h4-7H,3H2,1-2H3. The Morgan fingerprint density at radius 3 is 2.56 bits per heavy atom. The number of ketones is 1. The largest absolute Gasteiger partial charge is 0.463 e. The Hall–Kier alpha value is -1.88. The molecule has 18 heavy (non-hydrogen) atoms. The van der Waals surface area contributed by atoms with Gasteiger partial charge in [-0.3, -0.25) is 4.79 Å². The van der Waals surface area contributed by atoms with Crippen molar-refractivity contribution in [1.82, 2.24) is 0 Å². The van der Waals surface area contributed by atoms with Crippen molar-refractivity contribution in [2.45, 2.75) is 13.3 Å². The van der Waals surface area contributed by atoms with Gasteiger partial charge in [-0.2, -0.15) is 0 Å². The molecule has 2 rings (SSSR count).